The van der Waals surface area contributed by atoms with Gasteiger partial charge in [-0.1, -0.05) is 161 Å². The van der Waals surface area contributed by atoms with Crippen molar-refractivity contribution >= 4 is 34.1 Å². The van der Waals surface area contributed by atoms with Crippen LogP contribution in [0.15, 0.2) is 206 Å². The highest BCUT2D eigenvalue weighted by atomic mass is 15.1. The number of rotatable bonds is 9. The largest absolute Gasteiger partial charge is 0.311 e. The fraction of sp³-hybridized carbons (Fsp3) is 0.143. The first-order valence-corrected chi connectivity index (χ1v) is 20.6. The maximum absolute atomic E-state index is 2.45. The molecule has 0 bridgehead atoms. The molecule has 0 unspecified atom stereocenters. The third-order valence-corrected chi connectivity index (χ3v) is 12.2. The van der Waals surface area contributed by atoms with Crippen molar-refractivity contribution in [2.24, 2.45) is 0 Å². The lowest BCUT2D eigenvalue weighted by atomic mass is 9.63. The molecule has 58 heavy (non-hydrogen) atoms. The van der Waals surface area contributed by atoms with Gasteiger partial charge in [0.15, 0.2) is 0 Å². The predicted molar refractivity (Wildman–Crippen MR) is 247 cm³/mol. The second-order valence-corrected chi connectivity index (χ2v) is 16.9. The third kappa shape index (κ3) is 7.35. The summed E-state index contributed by atoms with van der Waals surface area (Å²) in [5, 5.41) is 0. The van der Waals surface area contributed by atoms with Crippen LogP contribution in [0.4, 0.5) is 34.1 Å². The minimum absolute atomic E-state index is 0.131. The van der Waals surface area contributed by atoms with Crippen molar-refractivity contribution in [2.75, 3.05) is 9.80 Å². The first-order valence-electron chi connectivity index (χ1n) is 20.6. The van der Waals surface area contributed by atoms with Gasteiger partial charge in [0.1, 0.15) is 0 Å². The highest BCUT2D eigenvalue weighted by molar-refractivity contribution is 5.82. The Bertz CT molecular complexity index is 2520. The number of para-hydroxylation sites is 1. The van der Waals surface area contributed by atoms with E-state index in [2.05, 4.69) is 244 Å². The van der Waals surface area contributed by atoms with Crippen LogP contribution in [0.1, 0.15) is 51.7 Å². The number of nitrogens with zero attached hydrogens (tertiary/aromatic N) is 2. The van der Waals surface area contributed by atoms with Gasteiger partial charge in [0, 0.05) is 34.1 Å². The van der Waals surface area contributed by atoms with Crippen molar-refractivity contribution in [3.8, 4) is 33.4 Å². The van der Waals surface area contributed by atoms with Gasteiger partial charge in [0.25, 0.3) is 0 Å². The van der Waals surface area contributed by atoms with Crippen molar-refractivity contribution < 1.29 is 0 Å². The minimum Gasteiger partial charge on any atom is -0.311 e. The van der Waals surface area contributed by atoms with Gasteiger partial charge in [-0.3, -0.25) is 0 Å². The predicted octanol–water partition coefficient (Wildman–Crippen LogP) is 16.0. The molecule has 0 atom stereocenters. The average molecular weight is 751 g/mol. The summed E-state index contributed by atoms with van der Waals surface area (Å²) in [6.07, 6.45) is 2.40. The zero-order valence-corrected chi connectivity index (χ0v) is 33.9. The van der Waals surface area contributed by atoms with Crippen molar-refractivity contribution in [2.45, 2.75) is 51.4 Å². The van der Waals surface area contributed by atoms with E-state index in [0.29, 0.717) is 0 Å². The minimum atomic E-state index is 0.131. The maximum Gasteiger partial charge on any atom is 0.0464 e. The summed E-state index contributed by atoms with van der Waals surface area (Å²) in [5.74, 6) is 0. The fourth-order valence-electron chi connectivity index (χ4n) is 8.66. The summed E-state index contributed by atoms with van der Waals surface area (Å²) in [6.45, 7) is 9.59. The van der Waals surface area contributed by atoms with Gasteiger partial charge in [-0.15, -0.1) is 0 Å². The van der Waals surface area contributed by atoms with E-state index in [1.165, 1.54) is 63.0 Å². The first-order chi connectivity index (χ1) is 28.2. The van der Waals surface area contributed by atoms with E-state index in [-0.39, 0.29) is 10.8 Å². The molecule has 0 fully saturated rings. The van der Waals surface area contributed by atoms with Gasteiger partial charge in [0.2, 0.25) is 0 Å². The van der Waals surface area contributed by atoms with Crippen LogP contribution in [0.3, 0.4) is 0 Å². The topological polar surface area (TPSA) is 6.48 Å². The quantitative estimate of drug-likeness (QED) is 0.145. The smallest absolute Gasteiger partial charge is 0.0464 e. The Labute approximate surface area is 344 Å². The summed E-state index contributed by atoms with van der Waals surface area (Å²) < 4.78 is 0. The first kappa shape index (κ1) is 37.0. The summed E-state index contributed by atoms with van der Waals surface area (Å²) >= 11 is 0. The summed E-state index contributed by atoms with van der Waals surface area (Å²) in [7, 11) is 0. The number of hydrogen-bond acceptors (Lipinski definition) is 2. The van der Waals surface area contributed by atoms with Crippen LogP contribution in [-0.4, -0.2) is 0 Å². The number of benzene rings is 8. The van der Waals surface area contributed by atoms with Gasteiger partial charge in [-0.05, 0) is 141 Å². The van der Waals surface area contributed by atoms with Crippen LogP contribution in [0.25, 0.3) is 33.4 Å². The molecule has 0 saturated heterocycles. The van der Waals surface area contributed by atoms with Crippen LogP contribution in [0.5, 0.6) is 0 Å². The molecule has 0 N–H and O–H groups in total. The zero-order chi connectivity index (χ0) is 39.7. The Balaban J connectivity index is 1.04. The lowest BCUT2D eigenvalue weighted by molar-refractivity contribution is 0.332. The monoisotopic (exact) mass is 750 g/mol. The molecule has 0 heterocycles. The van der Waals surface area contributed by atoms with Crippen molar-refractivity contribution in [3.05, 3.63) is 217 Å². The van der Waals surface area contributed by atoms with E-state index in [4.69, 9.17) is 0 Å². The Morgan fingerprint density at radius 1 is 0.276 bits per heavy atom. The standard InChI is InChI=1S/C56H50N2/c1-55(2)38-39-56(3,4)54-40-52(36-37-53(54)55)58(47-18-12-7-13-19-47)51-34-26-46(27-35-51)45-24-32-50(33-25-45)57(48-28-20-43(21-29-48)41-14-8-5-9-15-41)49-30-22-44(23-31-49)42-16-10-6-11-17-42/h5-37,40H,38-39H2,1-4H3. The molecule has 1 aliphatic rings. The van der Waals surface area contributed by atoms with E-state index >= 15 is 0 Å². The molecule has 1 aliphatic carbocycles. The van der Waals surface area contributed by atoms with Crippen molar-refractivity contribution in [1.82, 2.24) is 0 Å². The molecule has 9 rings (SSSR count). The number of fused-ring (bicyclic) bond motifs is 1. The lowest BCUT2D eigenvalue weighted by Crippen LogP contribution is -2.34. The average Bonchev–Trinajstić information content (AvgIpc) is 3.27. The second kappa shape index (κ2) is 15.4. The summed E-state index contributed by atoms with van der Waals surface area (Å²) in [6, 6.07) is 74.8. The second-order valence-electron chi connectivity index (χ2n) is 16.9. The van der Waals surface area contributed by atoms with Crippen LogP contribution in [0.2, 0.25) is 0 Å². The summed E-state index contributed by atoms with van der Waals surface area (Å²) in [5.41, 5.74) is 17.3. The molecule has 2 nitrogen and oxygen atoms in total. The molecule has 2 heteroatoms. The Hall–Kier alpha value is -6.64. The van der Waals surface area contributed by atoms with Crippen LogP contribution >= 0.6 is 0 Å². The van der Waals surface area contributed by atoms with E-state index < -0.39 is 0 Å². The molecule has 0 amide bonds. The van der Waals surface area contributed by atoms with Crippen LogP contribution < -0.4 is 9.80 Å². The molecule has 0 aromatic heterocycles. The molecule has 0 saturated carbocycles. The van der Waals surface area contributed by atoms with Crippen molar-refractivity contribution in [1.29, 1.82) is 0 Å². The summed E-state index contributed by atoms with van der Waals surface area (Å²) in [4.78, 5) is 4.74. The fourth-order valence-corrected chi connectivity index (χ4v) is 8.66. The normalized spacial score (nSPS) is 14.0. The molecule has 0 radical (unpaired) electrons. The molecular weight excluding hydrogens is 701 g/mol. The third-order valence-electron chi connectivity index (χ3n) is 12.2. The van der Waals surface area contributed by atoms with Gasteiger partial charge in [-0.25, -0.2) is 0 Å². The van der Waals surface area contributed by atoms with E-state index in [9.17, 15) is 0 Å². The SMILES string of the molecule is CC1(C)CCC(C)(C)c2cc(N(c3ccccc3)c3ccc(-c4ccc(N(c5ccc(-c6ccccc6)cc5)c5ccc(-c6ccccc6)cc5)cc4)cc3)ccc21. The molecule has 284 valence electrons. The van der Waals surface area contributed by atoms with Crippen LogP contribution in [-0.2, 0) is 10.8 Å². The Kier molecular flexibility index (Phi) is 9.79. The van der Waals surface area contributed by atoms with E-state index in [1.54, 1.807) is 0 Å². The van der Waals surface area contributed by atoms with Gasteiger partial charge in [0.05, 0.1) is 0 Å². The lowest BCUT2D eigenvalue weighted by Gasteiger charge is -2.42. The number of hydrogen-bond donors (Lipinski definition) is 0. The van der Waals surface area contributed by atoms with E-state index in [0.717, 1.165) is 28.4 Å². The molecule has 8 aromatic rings. The van der Waals surface area contributed by atoms with Gasteiger partial charge < -0.3 is 9.80 Å². The van der Waals surface area contributed by atoms with Crippen molar-refractivity contribution in [3.63, 3.8) is 0 Å². The zero-order valence-electron chi connectivity index (χ0n) is 33.9. The molecule has 0 aliphatic heterocycles. The van der Waals surface area contributed by atoms with Crippen LogP contribution in [0, 0.1) is 0 Å². The number of anilines is 6. The Morgan fingerprint density at radius 3 is 0.931 bits per heavy atom. The van der Waals surface area contributed by atoms with E-state index in [1.807, 2.05) is 0 Å². The maximum atomic E-state index is 2.45. The van der Waals surface area contributed by atoms with Gasteiger partial charge in [-0.2, -0.15) is 0 Å². The molecular formula is C56H50N2. The highest BCUT2D eigenvalue weighted by Crippen LogP contribution is 2.48. The molecule has 8 aromatic carbocycles. The molecule has 0 spiro atoms. The van der Waals surface area contributed by atoms with Gasteiger partial charge >= 0.3 is 0 Å². The highest BCUT2D eigenvalue weighted by Gasteiger charge is 2.37. The Morgan fingerprint density at radius 2 is 0.552 bits per heavy atom.